The van der Waals surface area contributed by atoms with Gasteiger partial charge in [-0.25, -0.2) is 0 Å². The summed E-state index contributed by atoms with van der Waals surface area (Å²) in [6, 6.07) is 15.6. The Balaban J connectivity index is 1.42. The molecule has 0 radical (unpaired) electrons. The Morgan fingerprint density at radius 2 is 1.48 bits per heavy atom. The second kappa shape index (κ2) is 8.68. The largest absolute Gasteiger partial charge is 0.497 e. The van der Waals surface area contributed by atoms with Crippen LogP contribution in [0.15, 0.2) is 48.5 Å². The van der Waals surface area contributed by atoms with E-state index in [1.54, 1.807) is 7.11 Å². The van der Waals surface area contributed by atoms with Crippen LogP contribution >= 0.6 is 0 Å². The summed E-state index contributed by atoms with van der Waals surface area (Å²) in [6.45, 7) is 2.47. The van der Waals surface area contributed by atoms with Gasteiger partial charge in [-0.3, -0.25) is 9.59 Å². The van der Waals surface area contributed by atoms with Gasteiger partial charge in [-0.2, -0.15) is 0 Å². The van der Waals surface area contributed by atoms with Crippen LogP contribution in [0.3, 0.4) is 0 Å². The number of hydrogen-bond acceptors (Lipinski definition) is 3. The number of benzene rings is 2. The van der Waals surface area contributed by atoms with Crippen molar-refractivity contribution < 1.29 is 14.3 Å². The van der Waals surface area contributed by atoms with E-state index >= 15 is 0 Å². The number of rotatable bonds is 4. The molecule has 2 aliphatic rings. The van der Waals surface area contributed by atoms with Crippen LogP contribution in [-0.2, 0) is 4.79 Å². The van der Waals surface area contributed by atoms with Gasteiger partial charge >= 0.3 is 0 Å². The Morgan fingerprint density at radius 3 is 2.17 bits per heavy atom. The molecule has 0 spiro atoms. The van der Waals surface area contributed by atoms with Crippen molar-refractivity contribution in [1.29, 1.82) is 0 Å². The van der Waals surface area contributed by atoms with Gasteiger partial charge in [0.15, 0.2) is 0 Å². The molecule has 2 fully saturated rings. The number of nitrogens with zero attached hydrogens (tertiary/aromatic N) is 2. The summed E-state index contributed by atoms with van der Waals surface area (Å²) in [4.78, 5) is 29.5. The molecule has 4 rings (SSSR count). The molecule has 1 saturated heterocycles. The fourth-order valence-corrected chi connectivity index (χ4v) is 4.38. The van der Waals surface area contributed by atoms with Gasteiger partial charge in [-0.1, -0.05) is 37.1 Å². The van der Waals surface area contributed by atoms with E-state index in [4.69, 9.17) is 4.74 Å². The molecule has 5 nitrogen and oxygen atoms in total. The van der Waals surface area contributed by atoms with Crippen LogP contribution in [0.1, 0.15) is 36.0 Å². The molecule has 0 atom stereocenters. The molecule has 2 aromatic carbocycles. The highest BCUT2D eigenvalue weighted by atomic mass is 16.5. The minimum absolute atomic E-state index is 0.0303. The van der Waals surface area contributed by atoms with Crippen LogP contribution < -0.4 is 4.74 Å². The molecule has 0 N–H and O–H groups in total. The molecule has 1 aliphatic heterocycles. The van der Waals surface area contributed by atoms with Gasteiger partial charge < -0.3 is 14.5 Å². The van der Waals surface area contributed by atoms with Crippen LogP contribution in [-0.4, -0.2) is 54.9 Å². The lowest BCUT2D eigenvalue weighted by molar-refractivity contribution is -0.136. The maximum Gasteiger partial charge on any atom is 0.253 e. The molecule has 152 valence electrons. The van der Waals surface area contributed by atoms with E-state index < -0.39 is 0 Å². The van der Waals surface area contributed by atoms with Gasteiger partial charge in [0.05, 0.1) is 7.11 Å². The smallest absolute Gasteiger partial charge is 0.253 e. The number of hydrogen-bond donors (Lipinski definition) is 0. The van der Waals surface area contributed by atoms with E-state index in [0.29, 0.717) is 31.7 Å². The number of ether oxygens (including phenoxy) is 1. The van der Waals surface area contributed by atoms with Crippen LogP contribution in [0.2, 0.25) is 0 Å². The third-order valence-corrected chi connectivity index (χ3v) is 6.10. The lowest BCUT2D eigenvalue weighted by Gasteiger charge is -2.36. The third-order valence-electron chi connectivity index (χ3n) is 6.10. The van der Waals surface area contributed by atoms with Crippen molar-refractivity contribution in [2.75, 3.05) is 33.3 Å². The Bertz CT molecular complexity index is 881. The average molecular weight is 392 g/mol. The van der Waals surface area contributed by atoms with E-state index in [9.17, 15) is 9.59 Å². The Kier molecular flexibility index (Phi) is 5.84. The molecule has 1 heterocycles. The quantitative estimate of drug-likeness (QED) is 0.794. The molecular formula is C24H28N2O3. The topological polar surface area (TPSA) is 49.9 Å². The van der Waals surface area contributed by atoms with Crippen molar-refractivity contribution in [1.82, 2.24) is 9.80 Å². The second-order valence-electron chi connectivity index (χ2n) is 7.91. The molecule has 2 aromatic rings. The minimum atomic E-state index is 0.0303. The first-order valence-corrected chi connectivity index (χ1v) is 10.5. The highest BCUT2D eigenvalue weighted by Gasteiger charge is 2.30. The first kappa shape index (κ1) is 19.5. The summed E-state index contributed by atoms with van der Waals surface area (Å²) in [6.07, 6.45) is 4.38. The SMILES string of the molecule is COc1cccc(-c2cccc(C(=O)N3CCN(C(=O)C4CCCC4)CC3)c2)c1. The minimum Gasteiger partial charge on any atom is -0.497 e. The van der Waals surface area contributed by atoms with E-state index in [1.807, 2.05) is 58.3 Å². The van der Waals surface area contributed by atoms with E-state index in [-0.39, 0.29) is 17.7 Å². The van der Waals surface area contributed by atoms with Gasteiger partial charge in [0, 0.05) is 37.7 Å². The van der Waals surface area contributed by atoms with Crippen molar-refractivity contribution in [3.05, 3.63) is 54.1 Å². The first-order valence-electron chi connectivity index (χ1n) is 10.5. The second-order valence-corrected chi connectivity index (χ2v) is 7.91. The van der Waals surface area contributed by atoms with Gasteiger partial charge in [0.25, 0.3) is 5.91 Å². The highest BCUT2D eigenvalue weighted by molar-refractivity contribution is 5.95. The molecule has 29 heavy (non-hydrogen) atoms. The van der Waals surface area contributed by atoms with Crippen molar-refractivity contribution >= 4 is 11.8 Å². The highest BCUT2D eigenvalue weighted by Crippen LogP contribution is 2.28. The predicted octanol–water partition coefficient (Wildman–Crippen LogP) is 3.84. The monoisotopic (exact) mass is 392 g/mol. The first-order chi connectivity index (χ1) is 14.2. The molecule has 5 heteroatoms. The van der Waals surface area contributed by atoms with Crippen molar-refractivity contribution in [3.63, 3.8) is 0 Å². The summed E-state index contributed by atoms with van der Waals surface area (Å²) >= 11 is 0. The zero-order chi connectivity index (χ0) is 20.2. The molecule has 0 unspecified atom stereocenters. The van der Waals surface area contributed by atoms with Crippen LogP contribution in [0.25, 0.3) is 11.1 Å². The predicted molar refractivity (Wildman–Crippen MR) is 113 cm³/mol. The maximum absolute atomic E-state index is 13.0. The summed E-state index contributed by atoms with van der Waals surface area (Å²) < 4.78 is 5.31. The molecule has 2 amide bonds. The Hall–Kier alpha value is -2.82. The van der Waals surface area contributed by atoms with E-state index in [2.05, 4.69) is 0 Å². The number of methoxy groups -OCH3 is 1. The maximum atomic E-state index is 13.0. The summed E-state index contributed by atoms with van der Waals surface area (Å²) in [5.41, 5.74) is 2.69. The lowest BCUT2D eigenvalue weighted by Crippen LogP contribution is -2.51. The molecule has 0 aromatic heterocycles. The van der Waals surface area contributed by atoms with Crippen LogP contribution in [0.5, 0.6) is 5.75 Å². The zero-order valence-electron chi connectivity index (χ0n) is 17.0. The van der Waals surface area contributed by atoms with Gasteiger partial charge in [-0.05, 0) is 48.2 Å². The lowest BCUT2D eigenvalue weighted by atomic mass is 10.0. The Labute approximate surface area is 172 Å². The molecule has 0 bridgehead atoms. The summed E-state index contributed by atoms with van der Waals surface area (Å²) in [5.74, 6) is 1.32. The zero-order valence-corrected chi connectivity index (χ0v) is 17.0. The van der Waals surface area contributed by atoms with Gasteiger partial charge in [-0.15, -0.1) is 0 Å². The van der Waals surface area contributed by atoms with Crippen molar-refractivity contribution in [2.45, 2.75) is 25.7 Å². The standard InChI is InChI=1S/C24H28N2O3/c1-29-22-11-5-9-20(17-22)19-8-4-10-21(16-19)24(28)26-14-12-25(13-15-26)23(27)18-6-2-3-7-18/h4-5,8-11,16-18H,2-3,6-7,12-15H2,1H3. The number of carbonyl (C=O) groups excluding carboxylic acids is 2. The van der Waals surface area contributed by atoms with Crippen molar-refractivity contribution in [2.24, 2.45) is 5.92 Å². The third kappa shape index (κ3) is 4.29. The van der Waals surface area contributed by atoms with Gasteiger partial charge in [0.2, 0.25) is 5.91 Å². The number of piperazine rings is 1. The summed E-state index contributed by atoms with van der Waals surface area (Å²) in [5, 5.41) is 0. The number of amides is 2. The molecule has 1 aliphatic carbocycles. The van der Waals surface area contributed by atoms with Crippen molar-refractivity contribution in [3.8, 4) is 16.9 Å². The normalized spacial score (nSPS) is 17.4. The average Bonchev–Trinajstić information content (AvgIpc) is 3.33. The molecule has 1 saturated carbocycles. The van der Waals surface area contributed by atoms with E-state index in [1.165, 1.54) is 12.8 Å². The van der Waals surface area contributed by atoms with E-state index in [0.717, 1.165) is 29.7 Å². The Morgan fingerprint density at radius 1 is 0.862 bits per heavy atom. The van der Waals surface area contributed by atoms with Crippen LogP contribution in [0.4, 0.5) is 0 Å². The number of carbonyl (C=O) groups is 2. The fraction of sp³-hybridized carbons (Fsp3) is 0.417. The fourth-order valence-electron chi connectivity index (χ4n) is 4.38. The van der Waals surface area contributed by atoms with Crippen LogP contribution in [0, 0.1) is 5.92 Å². The molecular weight excluding hydrogens is 364 g/mol. The summed E-state index contributed by atoms with van der Waals surface area (Å²) in [7, 11) is 1.65. The van der Waals surface area contributed by atoms with Gasteiger partial charge in [0.1, 0.15) is 5.75 Å².